The number of aromatic nitrogens is 3. The highest BCUT2D eigenvalue weighted by molar-refractivity contribution is 5.70. The molecule has 0 aromatic carbocycles. The topological polar surface area (TPSA) is 80.0 Å². The monoisotopic (exact) mass is 252 g/mol. The van der Waals surface area contributed by atoms with Crippen LogP contribution in [0.4, 0.5) is 0 Å². The summed E-state index contributed by atoms with van der Waals surface area (Å²) in [5.74, 6) is 0.138. The van der Waals surface area contributed by atoms with Crippen molar-refractivity contribution in [3.63, 3.8) is 0 Å². The maximum absolute atomic E-state index is 10.8. The van der Waals surface area contributed by atoms with Gasteiger partial charge in [-0.25, -0.2) is 9.67 Å². The Balaban J connectivity index is 1.77. The van der Waals surface area contributed by atoms with Gasteiger partial charge in [0.05, 0.1) is 12.5 Å². The normalized spacial score (nSPS) is 24.1. The summed E-state index contributed by atoms with van der Waals surface area (Å²) < 4.78 is 1.87. The van der Waals surface area contributed by atoms with Gasteiger partial charge in [0.1, 0.15) is 12.2 Å². The van der Waals surface area contributed by atoms with Crippen LogP contribution in [0.2, 0.25) is 0 Å². The number of nitrogens with zero attached hydrogens (tertiary/aromatic N) is 3. The van der Waals surface area contributed by atoms with Gasteiger partial charge in [0, 0.05) is 12.6 Å². The zero-order chi connectivity index (χ0) is 13.0. The lowest BCUT2D eigenvalue weighted by molar-refractivity contribution is -0.142. The highest BCUT2D eigenvalue weighted by Gasteiger charge is 2.25. The lowest BCUT2D eigenvalue weighted by atomic mass is 9.86. The molecule has 0 spiro atoms. The van der Waals surface area contributed by atoms with Crippen LogP contribution in [0.5, 0.6) is 0 Å². The van der Waals surface area contributed by atoms with Crippen molar-refractivity contribution in [2.45, 2.75) is 51.7 Å². The Hall–Kier alpha value is -1.43. The van der Waals surface area contributed by atoms with E-state index in [1.165, 1.54) is 0 Å². The van der Waals surface area contributed by atoms with E-state index in [1.807, 2.05) is 11.6 Å². The molecule has 1 heterocycles. The van der Waals surface area contributed by atoms with Crippen LogP contribution in [0.25, 0.3) is 0 Å². The smallest absolute Gasteiger partial charge is 0.306 e. The summed E-state index contributed by atoms with van der Waals surface area (Å²) in [6, 6.07) is 0.405. The third kappa shape index (κ3) is 3.07. The van der Waals surface area contributed by atoms with Gasteiger partial charge in [-0.05, 0) is 32.6 Å². The molecule has 1 aliphatic carbocycles. The first-order valence-corrected chi connectivity index (χ1v) is 6.53. The largest absolute Gasteiger partial charge is 0.481 e. The number of nitrogens with one attached hydrogen (secondary N) is 1. The predicted octanol–water partition coefficient (Wildman–Crippen LogP) is 1.03. The fourth-order valence-electron chi connectivity index (χ4n) is 2.47. The number of hydrogen-bond acceptors (Lipinski definition) is 4. The van der Waals surface area contributed by atoms with E-state index < -0.39 is 5.97 Å². The minimum absolute atomic E-state index is 0.151. The third-order valence-corrected chi connectivity index (χ3v) is 3.62. The number of carbonyl (C=O) groups is 1. The van der Waals surface area contributed by atoms with E-state index >= 15 is 0 Å². The molecular weight excluding hydrogens is 232 g/mol. The molecular formula is C12H20N4O2. The third-order valence-electron chi connectivity index (χ3n) is 3.62. The van der Waals surface area contributed by atoms with Crippen LogP contribution in [0, 0.1) is 5.92 Å². The first-order valence-electron chi connectivity index (χ1n) is 6.53. The molecule has 18 heavy (non-hydrogen) atoms. The molecule has 0 radical (unpaired) electrons. The van der Waals surface area contributed by atoms with Crippen LogP contribution in [-0.4, -0.2) is 31.9 Å². The molecule has 6 heteroatoms. The molecule has 1 saturated carbocycles. The number of aryl methyl sites for hydroxylation is 1. The minimum Gasteiger partial charge on any atom is -0.481 e. The quantitative estimate of drug-likeness (QED) is 0.818. The van der Waals surface area contributed by atoms with Crippen molar-refractivity contribution in [2.75, 3.05) is 0 Å². The Bertz CT molecular complexity index is 397. The molecule has 0 aliphatic heterocycles. The average molecular weight is 252 g/mol. The number of aliphatic carboxylic acids is 1. The number of rotatable bonds is 5. The van der Waals surface area contributed by atoms with Crippen molar-refractivity contribution < 1.29 is 9.90 Å². The van der Waals surface area contributed by atoms with Crippen molar-refractivity contribution in [3.05, 3.63) is 12.2 Å². The summed E-state index contributed by atoms with van der Waals surface area (Å²) in [6.45, 7) is 3.56. The Morgan fingerprint density at radius 2 is 2.22 bits per heavy atom. The number of carboxylic acids is 1. The molecule has 0 saturated heterocycles. The lowest BCUT2D eigenvalue weighted by Crippen LogP contribution is -2.35. The SMILES string of the molecule is CCn1ncnc1CNC1CCC(C(=O)O)CC1. The zero-order valence-electron chi connectivity index (χ0n) is 10.7. The van der Waals surface area contributed by atoms with Gasteiger partial charge in [-0.2, -0.15) is 5.10 Å². The molecule has 1 aromatic rings. The van der Waals surface area contributed by atoms with Gasteiger partial charge < -0.3 is 10.4 Å². The Morgan fingerprint density at radius 3 is 2.83 bits per heavy atom. The first-order chi connectivity index (χ1) is 8.70. The molecule has 0 unspecified atom stereocenters. The fraction of sp³-hybridized carbons (Fsp3) is 0.750. The second-order valence-corrected chi connectivity index (χ2v) is 4.76. The van der Waals surface area contributed by atoms with E-state index in [1.54, 1.807) is 6.33 Å². The molecule has 0 amide bonds. The standard InChI is InChI=1S/C12H20N4O2/c1-2-16-11(14-8-15-16)7-13-10-5-3-9(4-6-10)12(17)18/h8-10,13H,2-7H2,1H3,(H,17,18). The van der Waals surface area contributed by atoms with Crippen LogP contribution in [0.1, 0.15) is 38.4 Å². The average Bonchev–Trinajstić information content (AvgIpc) is 2.84. The van der Waals surface area contributed by atoms with E-state index in [4.69, 9.17) is 5.11 Å². The minimum atomic E-state index is -0.654. The highest BCUT2D eigenvalue weighted by atomic mass is 16.4. The van der Waals surface area contributed by atoms with E-state index in [0.717, 1.165) is 38.1 Å². The molecule has 0 bridgehead atoms. The van der Waals surface area contributed by atoms with Gasteiger partial charge in [-0.3, -0.25) is 4.79 Å². The fourth-order valence-corrected chi connectivity index (χ4v) is 2.47. The van der Waals surface area contributed by atoms with Crippen molar-refractivity contribution >= 4 is 5.97 Å². The summed E-state index contributed by atoms with van der Waals surface area (Å²) in [6.07, 6.45) is 4.97. The van der Waals surface area contributed by atoms with Gasteiger partial charge in [0.2, 0.25) is 0 Å². The van der Waals surface area contributed by atoms with Crippen LogP contribution in [-0.2, 0) is 17.9 Å². The molecule has 6 nitrogen and oxygen atoms in total. The molecule has 2 rings (SSSR count). The van der Waals surface area contributed by atoms with Crippen molar-refractivity contribution in [3.8, 4) is 0 Å². The van der Waals surface area contributed by atoms with Crippen molar-refractivity contribution in [1.82, 2.24) is 20.1 Å². The molecule has 1 aliphatic rings. The van der Waals surface area contributed by atoms with E-state index in [0.29, 0.717) is 12.6 Å². The van der Waals surface area contributed by atoms with Gasteiger partial charge in [0.15, 0.2) is 0 Å². The number of hydrogen-bond donors (Lipinski definition) is 2. The number of carboxylic acid groups (broad SMARTS) is 1. The second-order valence-electron chi connectivity index (χ2n) is 4.76. The van der Waals surface area contributed by atoms with Gasteiger partial charge in [-0.15, -0.1) is 0 Å². The van der Waals surface area contributed by atoms with Gasteiger partial charge in [-0.1, -0.05) is 0 Å². The second kappa shape index (κ2) is 5.95. The molecule has 2 N–H and O–H groups in total. The van der Waals surface area contributed by atoms with E-state index in [2.05, 4.69) is 15.4 Å². The first kappa shape index (κ1) is 13.0. The van der Waals surface area contributed by atoms with Crippen LogP contribution < -0.4 is 5.32 Å². The van der Waals surface area contributed by atoms with Crippen LogP contribution in [0.15, 0.2) is 6.33 Å². The summed E-state index contributed by atoms with van der Waals surface area (Å²) in [4.78, 5) is 15.1. The van der Waals surface area contributed by atoms with E-state index in [9.17, 15) is 4.79 Å². The van der Waals surface area contributed by atoms with Gasteiger partial charge >= 0.3 is 5.97 Å². The molecule has 100 valence electrons. The summed E-state index contributed by atoms with van der Waals surface area (Å²) in [5.41, 5.74) is 0. The predicted molar refractivity (Wildman–Crippen MR) is 65.9 cm³/mol. The summed E-state index contributed by atoms with van der Waals surface area (Å²) in [5, 5.41) is 16.5. The van der Waals surface area contributed by atoms with Gasteiger partial charge in [0.25, 0.3) is 0 Å². The molecule has 1 fully saturated rings. The lowest BCUT2D eigenvalue weighted by Gasteiger charge is -2.26. The Labute approximate surface area is 106 Å². The van der Waals surface area contributed by atoms with Crippen LogP contribution >= 0.6 is 0 Å². The highest BCUT2D eigenvalue weighted by Crippen LogP contribution is 2.24. The van der Waals surface area contributed by atoms with Crippen molar-refractivity contribution in [2.24, 2.45) is 5.92 Å². The Morgan fingerprint density at radius 1 is 1.50 bits per heavy atom. The summed E-state index contributed by atoms with van der Waals surface area (Å²) in [7, 11) is 0. The Kier molecular flexibility index (Phi) is 4.30. The molecule has 1 aromatic heterocycles. The van der Waals surface area contributed by atoms with E-state index in [-0.39, 0.29) is 5.92 Å². The van der Waals surface area contributed by atoms with Crippen LogP contribution in [0.3, 0.4) is 0 Å². The van der Waals surface area contributed by atoms with Crippen molar-refractivity contribution in [1.29, 1.82) is 0 Å². The maximum Gasteiger partial charge on any atom is 0.306 e. The maximum atomic E-state index is 10.8. The summed E-state index contributed by atoms with van der Waals surface area (Å²) >= 11 is 0. The molecule has 0 atom stereocenters. The zero-order valence-corrected chi connectivity index (χ0v) is 10.7.